The molecule has 0 aliphatic carbocycles. The highest BCUT2D eigenvalue weighted by molar-refractivity contribution is 5.26. The van der Waals surface area contributed by atoms with Crippen molar-refractivity contribution in [3.8, 4) is 0 Å². The van der Waals surface area contributed by atoms with Crippen molar-refractivity contribution in [2.24, 2.45) is 0 Å². The molecular formula is C15H23NO2. The van der Waals surface area contributed by atoms with Crippen LogP contribution in [-0.2, 0) is 15.0 Å². The Hall–Kier alpha value is -0.900. The van der Waals surface area contributed by atoms with Gasteiger partial charge in [-0.15, -0.1) is 0 Å². The maximum atomic E-state index is 5.53. The van der Waals surface area contributed by atoms with Crippen molar-refractivity contribution in [3.05, 3.63) is 35.9 Å². The van der Waals surface area contributed by atoms with Crippen molar-refractivity contribution in [1.29, 1.82) is 0 Å². The van der Waals surface area contributed by atoms with Crippen LogP contribution in [0.15, 0.2) is 30.3 Å². The highest BCUT2D eigenvalue weighted by Gasteiger charge is 2.42. The van der Waals surface area contributed by atoms with E-state index < -0.39 is 5.79 Å². The summed E-state index contributed by atoms with van der Waals surface area (Å²) in [6.07, 6.45) is 3.13. The minimum absolute atomic E-state index is 0.0258. The molecule has 0 bridgehead atoms. The van der Waals surface area contributed by atoms with Crippen molar-refractivity contribution in [3.63, 3.8) is 0 Å². The predicted molar refractivity (Wildman–Crippen MR) is 72.4 cm³/mol. The van der Waals surface area contributed by atoms with Crippen LogP contribution < -0.4 is 5.32 Å². The van der Waals surface area contributed by atoms with Gasteiger partial charge in [0.25, 0.3) is 0 Å². The fraction of sp³-hybridized carbons (Fsp3) is 0.600. The average molecular weight is 249 g/mol. The molecule has 0 aromatic heterocycles. The first-order chi connectivity index (χ1) is 8.64. The maximum Gasteiger partial charge on any atom is 0.166 e. The number of hydrogen-bond donors (Lipinski definition) is 1. The van der Waals surface area contributed by atoms with Gasteiger partial charge in [0.05, 0.1) is 0 Å². The summed E-state index contributed by atoms with van der Waals surface area (Å²) in [5, 5.41) is 3.65. The Morgan fingerprint density at radius 1 is 1.22 bits per heavy atom. The number of benzene rings is 1. The Balaban J connectivity index is 2.28. The highest BCUT2D eigenvalue weighted by Crippen LogP contribution is 2.39. The summed E-state index contributed by atoms with van der Waals surface area (Å²) in [7, 11) is 3.41. The molecule has 0 spiro atoms. The molecule has 1 aliphatic heterocycles. The van der Waals surface area contributed by atoms with Crippen molar-refractivity contribution >= 4 is 0 Å². The van der Waals surface area contributed by atoms with Crippen molar-refractivity contribution in [2.45, 2.75) is 37.5 Å². The summed E-state index contributed by atoms with van der Waals surface area (Å²) in [6.45, 7) is 3.05. The molecule has 1 aromatic rings. The molecule has 0 saturated carbocycles. The number of methoxy groups -OCH3 is 2. The smallest absolute Gasteiger partial charge is 0.166 e. The van der Waals surface area contributed by atoms with Crippen LogP contribution >= 0.6 is 0 Å². The van der Waals surface area contributed by atoms with E-state index in [0.29, 0.717) is 0 Å². The fourth-order valence-electron chi connectivity index (χ4n) is 2.84. The summed E-state index contributed by atoms with van der Waals surface area (Å²) < 4.78 is 11.1. The summed E-state index contributed by atoms with van der Waals surface area (Å²) in [5.74, 6) is -0.548. The third-order valence-electron chi connectivity index (χ3n) is 4.06. The molecule has 2 rings (SSSR count). The molecule has 1 atom stereocenters. The number of nitrogens with one attached hydrogen (secondary N) is 1. The van der Waals surface area contributed by atoms with Gasteiger partial charge in [-0.25, -0.2) is 0 Å². The van der Waals surface area contributed by atoms with Crippen LogP contribution in [0.5, 0.6) is 0 Å². The van der Waals surface area contributed by atoms with Gasteiger partial charge in [0.15, 0.2) is 5.79 Å². The zero-order valence-electron chi connectivity index (χ0n) is 11.5. The van der Waals surface area contributed by atoms with Crippen molar-refractivity contribution in [1.82, 2.24) is 5.32 Å². The molecule has 0 amide bonds. The van der Waals surface area contributed by atoms with Gasteiger partial charge in [-0.2, -0.15) is 0 Å². The molecule has 3 nitrogen and oxygen atoms in total. The van der Waals surface area contributed by atoms with Crippen LogP contribution in [0.1, 0.15) is 31.7 Å². The first kappa shape index (κ1) is 13.5. The van der Waals surface area contributed by atoms with Gasteiger partial charge in [-0.1, -0.05) is 30.3 Å². The zero-order valence-corrected chi connectivity index (χ0v) is 11.5. The van der Waals surface area contributed by atoms with Gasteiger partial charge in [0.2, 0.25) is 0 Å². The minimum atomic E-state index is -0.548. The lowest BCUT2D eigenvalue weighted by molar-refractivity contribution is -0.207. The van der Waals surface area contributed by atoms with E-state index in [4.69, 9.17) is 9.47 Å². The molecule has 1 N–H and O–H groups in total. The van der Waals surface area contributed by atoms with E-state index in [9.17, 15) is 0 Å². The summed E-state index contributed by atoms with van der Waals surface area (Å²) in [5.41, 5.74) is 1.30. The first-order valence-electron chi connectivity index (χ1n) is 6.55. The summed E-state index contributed by atoms with van der Waals surface area (Å²) in [4.78, 5) is 0. The molecule has 3 heteroatoms. The molecule has 18 heavy (non-hydrogen) atoms. The minimum Gasteiger partial charge on any atom is -0.353 e. The molecule has 0 unspecified atom stereocenters. The monoisotopic (exact) mass is 249 g/mol. The maximum absolute atomic E-state index is 5.53. The van der Waals surface area contributed by atoms with E-state index in [1.807, 2.05) is 6.92 Å². The molecule has 100 valence electrons. The van der Waals surface area contributed by atoms with E-state index in [-0.39, 0.29) is 5.54 Å². The number of hydrogen-bond acceptors (Lipinski definition) is 3. The molecule has 1 aliphatic rings. The van der Waals surface area contributed by atoms with Crippen LogP contribution in [0.2, 0.25) is 0 Å². The van der Waals surface area contributed by atoms with Crippen LogP contribution in [0, 0.1) is 0 Å². The standard InChI is InChI=1S/C15H23NO2/c1-14(17-2,18-3)12-15(10-7-11-16-15)13-8-5-4-6-9-13/h4-6,8-9,16H,7,10-12H2,1-3H3/t15-/m0/s1. The van der Waals surface area contributed by atoms with Crippen LogP contribution in [-0.4, -0.2) is 26.6 Å². The van der Waals surface area contributed by atoms with Gasteiger partial charge in [-0.3, -0.25) is 0 Å². The Morgan fingerprint density at radius 2 is 1.89 bits per heavy atom. The zero-order chi connectivity index (χ0) is 13.1. The second kappa shape index (κ2) is 5.39. The average Bonchev–Trinajstić information content (AvgIpc) is 2.89. The van der Waals surface area contributed by atoms with Crippen LogP contribution in [0.3, 0.4) is 0 Å². The lowest BCUT2D eigenvalue weighted by atomic mass is 9.82. The van der Waals surface area contributed by atoms with E-state index in [0.717, 1.165) is 19.4 Å². The molecule has 0 radical (unpaired) electrons. The second-order valence-corrected chi connectivity index (χ2v) is 5.20. The van der Waals surface area contributed by atoms with Gasteiger partial charge in [-0.05, 0) is 31.9 Å². The Bertz CT molecular complexity index is 367. The molecular weight excluding hydrogens is 226 g/mol. The molecule has 1 fully saturated rings. The van der Waals surface area contributed by atoms with Crippen molar-refractivity contribution < 1.29 is 9.47 Å². The summed E-state index contributed by atoms with van der Waals surface area (Å²) in [6, 6.07) is 10.6. The van der Waals surface area contributed by atoms with Gasteiger partial charge in [0.1, 0.15) is 0 Å². The summed E-state index contributed by atoms with van der Waals surface area (Å²) >= 11 is 0. The Morgan fingerprint density at radius 3 is 2.39 bits per heavy atom. The Labute approximate surface area is 109 Å². The van der Waals surface area contributed by atoms with E-state index in [1.54, 1.807) is 14.2 Å². The van der Waals surface area contributed by atoms with E-state index in [2.05, 4.69) is 35.6 Å². The molecule has 1 saturated heterocycles. The normalized spacial score (nSPS) is 24.4. The number of ether oxygens (including phenoxy) is 2. The van der Waals surface area contributed by atoms with Crippen LogP contribution in [0.25, 0.3) is 0 Å². The third kappa shape index (κ3) is 2.58. The second-order valence-electron chi connectivity index (χ2n) is 5.20. The topological polar surface area (TPSA) is 30.5 Å². The largest absolute Gasteiger partial charge is 0.353 e. The van der Waals surface area contributed by atoms with Gasteiger partial charge >= 0.3 is 0 Å². The lowest BCUT2D eigenvalue weighted by Crippen LogP contribution is -2.46. The third-order valence-corrected chi connectivity index (χ3v) is 4.06. The van der Waals surface area contributed by atoms with Gasteiger partial charge < -0.3 is 14.8 Å². The predicted octanol–water partition coefficient (Wildman–Crippen LogP) is 2.66. The van der Waals surface area contributed by atoms with Gasteiger partial charge in [0, 0.05) is 26.2 Å². The Kier molecular flexibility index (Phi) is 4.05. The van der Waals surface area contributed by atoms with E-state index >= 15 is 0 Å². The van der Waals surface area contributed by atoms with E-state index in [1.165, 1.54) is 12.0 Å². The fourth-order valence-corrected chi connectivity index (χ4v) is 2.84. The van der Waals surface area contributed by atoms with Crippen LogP contribution in [0.4, 0.5) is 0 Å². The molecule has 1 aromatic carbocycles. The highest BCUT2D eigenvalue weighted by atomic mass is 16.7. The first-order valence-corrected chi connectivity index (χ1v) is 6.55. The molecule has 1 heterocycles. The number of rotatable bonds is 5. The lowest BCUT2D eigenvalue weighted by Gasteiger charge is -2.38. The SMILES string of the molecule is COC(C)(C[C@]1(c2ccccc2)CCCN1)OC. The quantitative estimate of drug-likeness (QED) is 0.814. The van der Waals surface area contributed by atoms with Crippen molar-refractivity contribution in [2.75, 3.05) is 20.8 Å².